The number of hydrogen-bond acceptors (Lipinski definition) is 4. The Morgan fingerprint density at radius 1 is 1.20 bits per heavy atom. The van der Waals surface area contributed by atoms with Crippen molar-refractivity contribution in [3.05, 3.63) is 29.3 Å². The van der Waals surface area contributed by atoms with E-state index in [1.807, 2.05) is 32.0 Å². The summed E-state index contributed by atoms with van der Waals surface area (Å²) in [5, 5.41) is 8.75. The molecule has 3 N–H and O–H groups in total. The number of carbonyl (C=O) groups is 2. The second-order valence-corrected chi connectivity index (χ2v) is 4.74. The Kier molecular flexibility index (Phi) is 5.99. The molecular formula is C14H20N2O4. The van der Waals surface area contributed by atoms with Crippen LogP contribution in [0.4, 0.5) is 0 Å². The van der Waals surface area contributed by atoms with Gasteiger partial charge < -0.3 is 15.6 Å². The maximum atomic E-state index is 10.9. The molecule has 1 rings (SSSR count). The lowest BCUT2D eigenvalue weighted by Crippen LogP contribution is -2.39. The van der Waals surface area contributed by atoms with Gasteiger partial charge >= 0.3 is 5.97 Å². The number of primary amides is 1. The quantitative estimate of drug-likeness (QED) is 0.725. The number of ether oxygens (including phenoxy) is 1. The van der Waals surface area contributed by atoms with Crippen molar-refractivity contribution in [1.29, 1.82) is 0 Å². The first-order chi connectivity index (χ1) is 9.36. The summed E-state index contributed by atoms with van der Waals surface area (Å²) in [5.74, 6) is -0.827. The van der Waals surface area contributed by atoms with E-state index in [0.29, 0.717) is 13.2 Å². The van der Waals surface area contributed by atoms with Crippen molar-refractivity contribution in [2.75, 3.05) is 26.2 Å². The molecule has 0 aliphatic rings. The molecule has 0 heterocycles. The molecule has 0 aliphatic carbocycles. The van der Waals surface area contributed by atoms with Crippen LogP contribution in [0.15, 0.2) is 18.2 Å². The number of carbonyl (C=O) groups excluding carboxylic acids is 1. The number of nitrogens with zero attached hydrogens (tertiary/aromatic N) is 1. The maximum Gasteiger partial charge on any atom is 0.317 e. The second kappa shape index (κ2) is 7.49. The van der Waals surface area contributed by atoms with Crippen LogP contribution in [0.2, 0.25) is 0 Å². The van der Waals surface area contributed by atoms with Crippen LogP contribution in [0, 0.1) is 13.8 Å². The molecule has 0 aliphatic heterocycles. The van der Waals surface area contributed by atoms with Gasteiger partial charge in [0.2, 0.25) is 5.91 Å². The van der Waals surface area contributed by atoms with Crippen molar-refractivity contribution in [3.8, 4) is 5.75 Å². The number of carboxylic acids is 1. The largest absolute Gasteiger partial charge is 0.492 e. The van der Waals surface area contributed by atoms with Crippen molar-refractivity contribution in [2.45, 2.75) is 13.8 Å². The van der Waals surface area contributed by atoms with E-state index in [9.17, 15) is 9.59 Å². The number of nitrogens with two attached hydrogens (primary N) is 1. The highest BCUT2D eigenvalue weighted by molar-refractivity contribution is 5.77. The lowest BCUT2D eigenvalue weighted by atomic mass is 10.1. The highest BCUT2D eigenvalue weighted by Gasteiger charge is 2.12. The van der Waals surface area contributed by atoms with Gasteiger partial charge in [0.25, 0.3) is 0 Å². The standard InChI is InChI=1S/C14H20N2O4/c1-10-5-11(2)7-12(6-10)20-4-3-16(8-13(15)17)9-14(18)19/h5-7H,3-4,8-9H2,1-2H3,(H2,15,17)(H,18,19). The number of benzene rings is 1. The van der Waals surface area contributed by atoms with Gasteiger partial charge in [0.05, 0.1) is 13.1 Å². The Morgan fingerprint density at radius 3 is 2.30 bits per heavy atom. The molecule has 0 unspecified atom stereocenters. The van der Waals surface area contributed by atoms with Crippen LogP contribution < -0.4 is 10.5 Å². The predicted molar refractivity (Wildman–Crippen MR) is 74.7 cm³/mol. The molecule has 0 saturated carbocycles. The summed E-state index contributed by atoms with van der Waals surface area (Å²) in [6.07, 6.45) is 0. The van der Waals surface area contributed by atoms with E-state index in [4.69, 9.17) is 15.6 Å². The smallest absolute Gasteiger partial charge is 0.317 e. The third-order valence-corrected chi connectivity index (χ3v) is 2.61. The summed E-state index contributed by atoms with van der Waals surface area (Å²) in [6.45, 7) is 4.24. The molecule has 0 spiro atoms. The van der Waals surface area contributed by atoms with Gasteiger partial charge in [0, 0.05) is 6.54 Å². The molecule has 0 fully saturated rings. The van der Waals surface area contributed by atoms with E-state index < -0.39 is 11.9 Å². The first kappa shape index (κ1) is 16.0. The van der Waals surface area contributed by atoms with Gasteiger partial charge in [0.1, 0.15) is 12.4 Å². The molecule has 6 nitrogen and oxygen atoms in total. The van der Waals surface area contributed by atoms with Gasteiger partial charge in [-0.05, 0) is 37.1 Å². The minimum absolute atomic E-state index is 0.0947. The molecular weight excluding hydrogens is 260 g/mol. The normalized spacial score (nSPS) is 10.6. The van der Waals surface area contributed by atoms with E-state index in [1.165, 1.54) is 4.90 Å². The van der Waals surface area contributed by atoms with E-state index in [1.54, 1.807) is 0 Å². The number of rotatable bonds is 8. The molecule has 0 bridgehead atoms. The minimum Gasteiger partial charge on any atom is -0.492 e. The van der Waals surface area contributed by atoms with Crippen LogP contribution in [0.25, 0.3) is 0 Å². The fourth-order valence-corrected chi connectivity index (χ4v) is 1.93. The monoisotopic (exact) mass is 280 g/mol. The van der Waals surface area contributed by atoms with Crippen LogP contribution >= 0.6 is 0 Å². The Morgan fingerprint density at radius 2 is 1.80 bits per heavy atom. The Labute approximate surface area is 118 Å². The maximum absolute atomic E-state index is 10.9. The Hall–Kier alpha value is -2.08. The van der Waals surface area contributed by atoms with Crippen LogP contribution in [-0.2, 0) is 9.59 Å². The second-order valence-electron chi connectivity index (χ2n) is 4.74. The van der Waals surface area contributed by atoms with Crippen molar-refractivity contribution >= 4 is 11.9 Å². The lowest BCUT2D eigenvalue weighted by Gasteiger charge is -2.18. The molecule has 0 saturated heterocycles. The van der Waals surface area contributed by atoms with E-state index in [0.717, 1.165) is 16.9 Å². The predicted octanol–water partition coefficient (Wildman–Crippen LogP) is 0.554. The van der Waals surface area contributed by atoms with Crippen LogP contribution in [0.1, 0.15) is 11.1 Å². The summed E-state index contributed by atoms with van der Waals surface area (Å²) in [6, 6.07) is 5.85. The lowest BCUT2D eigenvalue weighted by molar-refractivity contribution is -0.138. The minimum atomic E-state index is -1.00. The molecule has 1 amide bonds. The molecule has 1 aromatic rings. The number of aliphatic carboxylic acids is 1. The third-order valence-electron chi connectivity index (χ3n) is 2.61. The summed E-state index contributed by atoms with van der Waals surface area (Å²) in [5.41, 5.74) is 7.27. The number of amides is 1. The zero-order valence-corrected chi connectivity index (χ0v) is 11.8. The summed E-state index contributed by atoms with van der Waals surface area (Å²) in [4.78, 5) is 23.0. The van der Waals surface area contributed by atoms with E-state index in [2.05, 4.69) is 0 Å². The highest BCUT2D eigenvalue weighted by atomic mass is 16.5. The molecule has 110 valence electrons. The van der Waals surface area contributed by atoms with Gasteiger partial charge in [-0.2, -0.15) is 0 Å². The van der Waals surface area contributed by atoms with Crippen LogP contribution in [0.3, 0.4) is 0 Å². The van der Waals surface area contributed by atoms with Crippen molar-refractivity contribution in [2.24, 2.45) is 5.73 Å². The molecule has 0 atom stereocenters. The van der Waals surface area contributed by atoms with E-state index >= 15 is 0 Å². The van der Waals surface area contributed by atoms with Crippen molar-refractivity contribution < 1.29 is 19.4 Å². The third kappa shape index (κ3) is 6.19. The molecule has 6 heteroatoms. The van der Waals surface area contributed by atoms with Crippen LogP contribution in [0.5, 0.6) is 5.75 Å². The molecule has 20 heavy (non-hydrogen) atoms. The van der Waals surface area contributed by atoms with E-state index in [-0.39, 0.29) is 13.1 Å². The first-order valence-corrected chi connectivity index (χ1v) is 6.30. The topological polar surface area (TPSA) is 92.9 Å². The van der Waals surface area contributed by atoms with Crippen molar-refractivity contribution in [3.63, 3.8) is 0 Å². The number of aryl methyl sites for hydroxylation is 2. The number of carboxylic acid groups (broad SMARTS) is 1. The Bertz CT molecular complexity index is 452. The van der Waals surface area contributed by atoms with Gasteiger partial charge in [-0.3, -0.25) is 14.5 Å². The van der Waals surface area contributed by atoms with Gasteiger partial charge in [-0.25, -0.2) is 0 Å². The zero-order chi connectivity index (χ0) is 15.1. The van der Waals surface area contributed by atoms with Crippen LogP contribution in [-0.4, -0.2) is 48.1 Å². The SMILES string of the molecule is Cc1cc(C)cc(OCCN(CC(N)=O)CC(=O)O)c1. The highest BCUT2D eigenvalue weighted by Crippen LogP contribution is 2.15. The Balaban J connectivity index is 2.50. The molecule has 1 aromatic carbocycles. The van der Waals surface area contributed by atoms with Gasteiger partial charge in [-0.1, -0.05) is 6.07 Å². The average Bonchev–Trinajstić information content (AvgIpc) is 2.25. The first-order valence-electron chi connectivity index (χ1n) is 6.30. The van der Waals surface area contributed by atoms with Gasteiger partial charge in [0.15, 0.2) is 0 Å². The van der Waals surface area contributed by atoms with Gasteiger partial charge in [-0.15, -0.1) is 0 Å². The summed E-state index contributed by atoms with van der Waals surface area (Å²) < 4.78 is 5.57. The molecule has 0 radical (unpaired) electrons. The fourth-order valence-electron chi connectivity index (χ4n) is 1.93. The zero-order valence-electron chi connectivity index (χ0n) is 11.8. The summed E-state index contributed by atoms with van der Waals surface area (Å²) in [7, 11) is 0. The fraction of sp³-hybridized carbons (Fsp3) is 0.429. The average molecular weight is 280 g/mol. The van der Waals surface area contributed by atoms with Crippen molar-refractivity contribution in [1.82, 2.24) is 4.90 Å². The summed E-state index contributed by atoms with van der Waals surface area (Å²) >= 11 is 0. The number of hydrogen-bond donors (Lipinski definition) is 2. The molecule has 0 aromatic heterocycles.